The fourth-order valence-electron chi connectivity index (χ4n) is 3.39. The number of hydrogen-bond donors (Lipinski definition) is 1. The summed E-state index contributed by atoms with van der Waals surface area (Å²) in [5.74, 6) is -1.07. The molecule has 0 aromatic heterocycles. The Hall–Kier alpha value is -1.16. The van der Waals surface area contributed by atoms with Gasteiger partial charge in [-0.25, -0.2) is 8.78 Å². The minimum Gasteiger partial charge on any atom is -0.382 e. The van der Waals surface area contributed by atoms with E-state index in [-0.39, 0.29) is 11.6 Å². The second-order valence-electron chi connectivity index (χ2n) is 5.73. The number of benzene rings is 1. The van der Waals surface area contributed by atoms with Crippen molar-refractivity contribution >= 4 is 5.69 Å². The Labute approximate surface area is 112 Å². The van der Waals surface area contributed by atoms with Crippen LogP contribution in [0.2, 0.25) is 0 Å². The maximum Gasteiger partial charge on any atom is 0.128 e. The lowest BCUT2D eigenvalue weighted by atomic mass is 9.89. The highest BCUT2D eigenvalue weighted by atomic mass is 19.1. The molecule has 3 rings (SSSR count). The van der Waals surface area contributed by atoms with E-state index in [1.165, 1.54) is 25.0 Å². The number of rotatable bonds is 2. The van der Waals surface area contributed by atoms with Crippen molar-refractivity contribution in [2.24, 2.45) is 0 Å². The SMILES string of the molecule is Fc1cc(F)cc(NC2CCOC3(CCCC3)C2)c1. The zero-order valence-electron chi connectivity index (χ0n) is 10.9. The van der Waals surface area contributed by atoms with E-state index >= 15 is 0 Å². The molecule has 2 fully saturated rings. The van der Waals surface area contributed by atoms with Crippen molar-refractivity contribution in [3.05, 3.63) is 29.8 Å². The van der Waals surface area contributed by atoms with E-state index < -0.39 is 11.6 Å². The Morgan fingerprint density at radius 3 is 2.47 bits per heavy atom. The first-order valence-electron chi connectivity index (χ1n) is 7.02. The molecule has 1 saturated heterocycles. The molecule has 1 unspecified atom stereocenters. The summed E-state index contributed by atoms with van der Waals surface area (Å²) in [6, 6.07) is 3.83. The van der Waals surface area contributed by atoms with Crippen molar-refractivity contribution < 1.29 is 13.5 Å². The summed E-state index contributed by atoms with van der Waals surface area (Å²) >= 11 is 0. The summed E-state index contributed by atoms with van der Waals surface area (Å²) in [4.78, 5) is 0. The topological polar surface area (TPSA) is 21.3 Å². The zero-order chi connectivity index (χ0) is 13.3. The van der Waals surface area contributed by atoms with Gasteiger partial charge in [-0.05, 0) is 37.8 Å². The van der Waals surface area contributed by atoms with Crippen molar-refractivity contribution in [2.45, 2.75) is 50.2 Å². The van der Waals surface area contributed by atoms with Crippen molar-refractivity contribution in [1.82, 2.24) is 0 Å². The monoisotopic (exact) mass is 267 g/mol. The van der Waals surface area contributed by atoms with Gasteiger partial charge in [0.15, 0.2) is 0 Å². The molecule has 1 N–H and O–H groups in total. The van der Waals surface area contributed by atoms with Gasteiger partial charge in [0.25, 0.3) is 0 Å². The molecule has 1 atom stereocenters. The lowest BCUT2D eigenvalue weighted by Gasteiger charge is -2.39. The van der Waals surface area contributed by atoms with Gasteiger partial charge >= 0.3 is 0 Å². The summed E-state index contributed by atoms with van der Waals surface area (Å²) in [6.45, 7) is 0.732. The van der Waals surface area contributed by atoms with Crippen LogP contribution in [0.15, 0.2) is 18.2 Å². The second-order valence-corrected chi connectivity index (χ2v) is 5.73. The third kappa shape index (κ3) is 2.89. The quantitative estimate of drug-likeness (QED) is 0.878. The van der Waals surface area contributed by atoms with Crippen molar-refractivity contribution in [2.75, 3.05) is 11.9 Å². The first kappa shape index (κ1) is 12.9. The second kappa shape index (κ2) is 5.08. The predicted octanol–water partition coefficient (Wildman–Crippen LogP) is 3.87. The summed E-state index contributed by atoms with van der Waals surface area (Å²) in [5, 5.41) is 3.25. The van der Waals surface area contributed by atoms with E-state index in [0.29, 0.717) is 5.69 Å². The van der Waals surface area contributed by atoms with Gasteiger partial charge in [-0.2, -0.15) is 0 Å². The maximum atomic E-state index is 13.2. The van der Waals surface area contributed by atoms with Crippen LogP contribution in [0.4, 0.5) is 14.5 Å². The molecule has 104 valence electrons. The molecule has 0 amide bonds. The van der Waals surface area contributed by atoms with Crippen LogP contribution in [0.3, 0.4) is 0 Å². The van der Waals surface area contributed by atoms with Gasteiger partial charge in [0, 0.05) is 24.4 Å². The molecule has 2 aliphatic rings. The third-order valence-electron chi connectivity index (χ3n) is 4.24. The van der Waals surface area contributed by atoms with Gasteiger partial charge in [-0.3, -0.25) is 0 Å². The fourth-order valence-corrected chi connectivity index (χ4v) is 3.39. The van der Waals surface area contributed by atoms with Crippen LogP contribution in [0.25, 0.3) is 0 Å². The lowest BCUT2D eigenvalue weighted by Crippen LogP contribution is -2.42. The summed E-state index contributed by atoms with van der Waals surface area (Å²) in [7, 11) is 0. The first-order chi connectivity index (χ1) is 9.15. The van der Waals surface area contributed by atoms with Gasteiger partial charge in [-0.15, -0.1) is 0 Å². The van der Waals surface area contributed by atoms with Crippen LogP contribution in [0.5, 0.6) is 0 Å². The molecule has 1 aliphatic carbocycles. The van der Waals surface area contributed by atoms with Crippen LogP contribution in [0.1, 0.15) is 38.5 Å². The molecule has 1 saturated carbocycles. The number of anilines is 1. The minimum absolute atomic E-state index is 0.0157. The van der Waals surface area contributed by atoms with Crippen LogP contribution in [0, 0.1) is 11.6 Å². The van der Waals surface area contributed by atoms with E-state index in [2.05, 4.69) is 5.32 Å². The summed E-state index contributed by atoms with van der Waals surface area (Å²) in [5.41, 5.74) is 0.541. The molecule has 1 spiro atoms. The molecule has 19 heavy (non-hydrogen) atoms. The lowest BCUT2D eigenvalue weighted by molar-refractivity contribution is -0.0767. The van der Waals surface area contributed by atoms with Crippen LogP contribution < -0.4 is 5.32 Å². The summed E-state index contributed by atoms with van der Waals surface area (Å²) < 4.78 is 32.3. The average molecular weight is 267 g/mol. The summed E-state index contributed by atoms with van der Waals surface area (Å²) in [6.07, 6.45) is 6.50. The van der Waals surface area contributed by atoms with Gasteiger partial charge < -0.3 is 10.1 Å². The van der Waals surface area contributed by atoms with Crippen molar-refractivity contribution in [3.8, 4) is 0 Å². The molecule has 4 heteroatoms. The van der Waals surface area contributed by atoms with Crippen molar-refractivity contribution in [3.63, 3.8) is 0 Å². The maximum absolute atomic E-state index is 13.2. The molecular formula is C15H19F2NO. The molecule has 0 bridgehead atoms. The average Bonchev–Trinajstić information content (AvgIpc) is 2.76. The van der Waals surface area contributed by atoms with E-state index in [0.717, 1.165) is 38.4 Å². The Bertz CT molecular complexity index is 437. The first-order valence-corrected chi connectivity index (χ1v) is 7.02. The molecular weight excluding hydrogens is 248 g/mol. The Morgan fingerprint density at radius 1 is 1.11 bits per heavy atom. The van der Waals surface area contributed by atoms with Gasteiger partial charge in [-0.1, -0.05) is 12.8 Å². The van der Waals surface area contributed by atoms with Gasteiger partial charge in [0.2, 0.25) is 0 Å². The van der Waals surface area contributed by atoms with Crippen LogP contribution in [-0.4, -0.2) is 18.2 Å². The Balaban J connectivity index is 1.69. The highest BCUT2D eigenvalue weighted by Gasteiger charge is 2.39. The smallest absolute Gasteiger partial charge is 0.128 e. The third-order valence-corrected chi connectivity index (χ3v) is 4.24. The molecule has 0 radical (unpaired) electrons. The molecule has 1 aromatic carbocycles. The molecule has 1 heterocycles. The van der Waals surface area contributed by atoms with Crippen molar-refractivity contribution in [1.29, 1.82) is 0 Å². The van der Waals surface area contributed by atoms with Gasteiger partial charge in [0.1, 0.15) is 11.6 Å². The van der Waals surface area contributed by atoms with E-state index in [9.17, 15) is 8.78 Å². The molecule has 1 aromatic rings. The highest BCUT2D eigenvalue weighted by molar-refractivity contribution is 5.44. The Kier molecular flexibility index (Phi) is 3.44. The number of ether oxygens (including phenoxy) is 1. The van der Waals surface area contributed by atoms with E-state index in [4.69, 9.17) is 4.74 Å². The van der Waals surface area contributed by atoms with Gasteiger partial charge in [0.05, 0.1) is 5.60 Å². The van der Waals surface area contributed by atoms with E-state index in [1.54, 1.807) is 0 Å². The number of hydrogen-bond acceptors (Lipinski definition) is 2. The highest BCUT2D eigenvalue weighted by Crippen LogP contribution is 2.40. The standard InChI is InChI=1S/C15H19F2NO/c16-11-7-12(17)9-14(8-11)18-13-3-6-19-15(10-13)4-1-2-5-15/h7-9,13,18H,1-6,10H2. The fraction of sp³-hybridized carbons (Fsp3) is 0.600. The normalized spacial score (nSPS) is 25.7. The zero-order valence-corrected chi connectivity index (χ0v) is 10.9. The van der Waals surface area contributed by atoms with E-state index in [1.807, 2.05) is 0 Å². The van der Waals surface area contributed by atoms with Crippen LogP contribution >= 0.6 is 0 Å². The molecule has 2 nitrogen and oxygen atoms in total. The number of halogens is 2. The largest absolute Gasteiger partial charge is 0.382 e. The number of nitrogens with one attached hydrogen (secondary N) is 1. The molecule has 1 aliphatic heterocycles. The minimum atomic E-state index is -0.537. The Morgan fingerprint density at radius 2 is 1.79 bits per heavy atom. The predicted molar refractivity (Wildman–Crippen MR) is 70.2 cm³/mol. The van der Waals surface area contributed by atoms with Crippen LogP contribution in [-0.2, 0) is 4.74 Å².